The largest absolute Gasteiger partial charge is 0.345 e. The van der Waals surface area contributed by atoms with Crippen molar-refractivity contribution in [2.24, 2.45) is 0 Å². The number of thiazole rings is 1. The first-order valence-corrected chi connectivity index (χ1v) is 8.23. The van der Waals surface area contributed by atoms with E-state index in [-0.39, 0.29) is 14.3 Å². The van der Waals surface area contributed by atoms with Crippen LogP contribution in [-0.2, 0) is 10.0 Å². The lowest BCUT2D eigenvalue weighted by atomic mass is 10.7. The molecule has 0 amide bonds. The summed E-state index contributed by atoms with van der Waals surface area (Å²) < 4.78 is 26.6. The van der Waals surface area contributed by atoms with E-state index >= 15 is 0 Å². The van der Waals surface area contributed by atoms with Gasteiger partial charge in [0.15, 0.2) is 4.21 Å². The molecule has 0 aliphatic heterocycles. The summed E-state index contributed by atoms with van der Waals surface area (Å²) in [5.74, 6) is 0. The van der Waals surface area contributed by atoms with E-state index in [1.165, 1.54) is 0 Å². The number of sulfonamides is 1. The Labute approximate surface area is 118 Å². The number of rotatable bonds is 4. The second-order valence-electron chi connectivity index (χ2n) is 2.92. The van der Waals surface area contributed by atoms with Crippen LogP contribution in [0.2, 0.25) is 0 Å². The first-order valence-electron chi connectivity index (χ1n) is 4.26. The number of thiophene rings is 1. The van der Waals surface area contributed by atoms with Crippen molar-refractivity contribution in [1.29, 1.82) is 0 Å². The van der Waals surface area contributed by atoms with E-state index in [0.717, 1.165) is 17.5 Å². The van der Waals surface area contributed by atoms with Crippen molar-refractivity contribution < 1.29 is 13.3 Å². The molecule has 0 unspecified atom stereocenters. The van der Waals surface area contributed by atoms with Gasteiger partial charge in [-0.05, 0) is 38.7 Å². The summed E-state index contributed by atoms with van der Waals surface area (Å²) >= 11 is 4.80. The highest BCUT2D eigenvalue weighted by Crippen LogP contribution is 2.31. The summed E-state index contributed by atoms with van der Waals surface area (Å²) in [6.07, 6.45) is 1.01. The molecule has 0 atom stereocenters. The molecule has 0 aliphatic rings. The predicted octanol–water partition coefficient (Wildman–Crippen LogP) is 2.68. The first kappa shape index (κ1) is 13.4. The third-order valence-electron chi connectivity index (χ3n) is 1.72. The van der Waals surface area contributed by atoms with Crippen LogP contribution in [0, 0.1) is 10.1 Å². The van der Waals surface area contributed by atoms with E-state index in [2.05, 4.69) is 25.6 Å². The van der Waals surface area contributed by atoms with Gasteiger partial charge >= 0.3 is 5.00 Å². The lowest BCUT2D eigenvalue weighted by Crippen LogP contribution is -2.11. The highest BCUT2D eigenvalue weighted by Gasteiger charge is 2.22. The Morgan fingerprint density at radius 2 is 2.22 bits per heavy atom. The number of anilines is 1. The summed E-state index contributed by atoms with van der Waals surface area (Å²) in [5.41, 5.74) is 0. The molecule has 7 nitrogen and oxygen atoms in total. The summed E-state index contributed by atoms with van der Waals surface area (Å²) in [6, 6.07) is 1.60. The lowest BCUT2D eigenvalue weighted by molar-refractivity contribution is -0.380. The number of nitrogens with one attached hydrogen (secondary N) is 1. The number of nitrogens with zero attached hydrogens (tertiary/aromatic N) is 2. The molecular formula is C7H4BrN3O4S3. The summed E-state index contributed by atoms with van der Waals surface area (Å²) in [6.45, 7) is 0. The van der Waals surface area contributed by atoms with Crippen molar-refractivity contribution in [1.82, 2.24) is 4.98 Å². The average molecular weight is 370 g/mol. The summed E-state index contributed by atoms with van der Waals surface area (Å²) in [5, 5.41) is 11.8. The van der Waals surface area contributed by atoms with Gasteiger partial charge in [0, 0.05) is 4.47 Å². The van der Waals surface area contributed by atoms with E-state index in [1.807, 2.05) is 0 Å². The quantitative estimate of drug-likeness (QED) is 0.659. The van der Waals surface area contributed by atoms with E-state index in [0.29, 0.717) is 15.8 Å². The molecule has 2 heterocycles. The maximum atomic E-state index is 11.9. The Hall–Kier alpha value is -1.04. The average Bonchev–Trinajstić information content (AvgIpc) is 2.86. The van der Waals surface area contributed by atoms with E-state index in [1.54, 1.807) is 11.4 Å². The Kier molecular flexibility index (Phi) is 3.66. The van der Waals surface area contributed by atoms with Gasteiger partial charge in [0.1, 0.15) is 6.20 Å². The molecule has 18 heavy (non-hydrogen) atoms. The standard InChI is InChI=1S/C7H4BrN3O4S3/c8-4-1-2-16-6(4)18(14,15)10-7-9-3-5(17-7)11(12)13/h1-3H,(H,9,10). The monoisotopic (exact) mass is 369 g/mol. The fourth-order valence-corrected chi connectivity index (χ4v) is 5.24. The summed E-state index contributed by atoms with van der Waals surface area (Å²) in [4.78, 5) is 13.5. The van der Waals surface area contributed by atoms with Crippen LogP contribution < -0.4 is 4.72 Å². The van der Waals surface area contributed by atoms with Gasteiger partial charge in [-0.25, -0.2) is 13.4 Å². The molecule has 1 N–H and O–H groups in total. The number of hydrogen-bond acceptors (Lipinski definition) is 7. The fraction of sp³-hybridized carbons (Fsp3) is 0. The number of hydrogen-bond donors (Lipinski definition) is 1. The molecule has 0 spiro atoms. The van der Waals surface area contributed by atoms with Crippen LogP contribution in [0.3, 0.4) is 0 Å². The molecule has 0 saturated heterocycles. The maximum Gasteiger partial charge on any atom is 0.345 e. The van der Waals surface area contributed by atoms with Crippen LogP contribution in [0.5, 0.6) is 0 Å². The second-order valence-corrected chi connectivity index (χ2v) is 7.58. The lowest BCUT2D eigenvalue weighted by Gasteiger charge is -2.02. The Morgan fingerprint density at radius 3 is 2.72 bits per heavy atom. The van der Waals surface area contributed by atoms with Crippen molar-refractivity contribution >= 4 is 58.8 Å². The number of nitro groups is 1. The highest BCUT2D eigenvalue weighted by atomic mass is 79.9. The normalized spacial score (nSPS) is 11.4. The zero-order chi connectivity index (χ0) is 13.3. The molecule has 0 saturated carbocycles. The zero-order valence-electron chi connectivity index (χ0n) is 8.36. The molecule has 0 fully saturated rings. The van der Waals surface area contributed by atoms with Crippen LogP contribution in [0.4, 0.5) is 10.1 Å². The van der Waals surface area contributed by atoms with Crippen LogP contribution in [0.15, 0.2) is 26.3 Å². The number of aromatic nitrogens is 1. The Balaban J connectivity index is 2.28. The smallest absolute Gasteiger partial charge is 0.257 e. The van der Waals surface area contributed by atoms with Gasteiger partial charge in [0.2, 0.25) is 5.13 Å². The van der Waals surface area contributed by atoms with Gasteiger partial charge < -0.3 is 0 Å². The van der Waals surface area contributed by atoms with Crippen molar-refractivity contribution in [3.05, 3.63) is 32.2 Å². The van der Waals surface area contributed by atoms with E-state index in [4.69, 9.17) is 0 Å². The van der Waals surface area contributed by atoms with Gasteiger partial charge in [-0.1, -0.05) is 0 Å². The van der Waals surface area contributed by atoms with Gasteiger partial charge in [0.25, 0.3) is 10.0 Å². The van der Waals surface area contributed by atoms with Crippen molar-refractivity contribution in [3.8, 4) is 0 Å². The van der Waals surface area contributed by atoms with Crippen molar-refractivity contribution in [3.63, 3.8) is 0 Å². The van der Waals surface area contributed by atoms with E-state index in [9.17, 15) is 18.5 Å². The van der Waals surface area contributed by atoms with Crippen molar-refractivity contribution in [2.75, 3.05) is 4.72 Å². The molecule has 0 bridgehead atoms. The van der Waals surface area contributed by atoms with Gasteiger partial charge in [0.05, 0.1) is 4.92 Å². The molecule has 2 aromatic rings. The fourth-order valence-electron chi connectivity index (χ4n) is 1.03. The molecule has 0 aromatic carbocycles. The molecule has 0 radical (unpaired) electrons. The van der Waals surface area contributed by atoms with Gasteiger partial charge in [-0.3, -0.25) is 14.8 Å². The third-order valence-corrected chi connectivity index (χ3v) is 6.73. The third kappa shape index (κ3) is 2.68. The molecule has 2 rings (SSSR count). The Bertz CT molecular complexity index is 692. The van der Waals surface area contributed by atoms with Crippen molar-refractivity contribution in [2.45, 2.75) is 4.21 Å². The minimum atomic E-state index is -3.77. The van der Waals surface area contributed by atoms with Gasteiger partial charge in [-0.15, -0.1) is 11.3 Å². The number of halogens is 1. The minimum Gasteiger partial charge on any atom is -0.257 e. The minimum absolute atomic E-state index is 0.0398. The maximum absolute atomic E-state index is 11.9. The second kappa shape index (κ2) is 4.91. The molecular weight excluding hydrogens is 366 g/mol. The van der Waals surface area contributed by atoms with E-state index < -0.39 is 14.9 Å². The summed E-state index contributed by atoms with van der Waals surface area (Å²) in [7, 11) is -3.77. The molecule has 2 aromatic heterocycles. The van der Waals surface area contributed by atoms with Gasteiger partial charge in [-0.2, -0.15) is 0 Å². The SMILES string of the molecule is O=[N+]([O-])c1cnc(NS(=O)(=O)c2sccc2Br)s1. The zero-order valence-corrected chi connectivity index (χ0v) is 12.4. The van der Waals surface area contributed by atoms with Crippen LogP contribution >= 0.6 is 38.6 Å². The predicted molar refractivity (Wildman–Crippen MR) is 71.6 cm³/mol. The van der Waals surface area contributed by atoms with Crippen LogP contribution in [0.1, 0.15) is 0 Å². The molecule has 96 valence electrons. The molecule has 0 aliphatic carbocycles. The topological polar surface area (TPSA) is 102 Å². The Morgan fingerprint density at radius 1 is 1.50 bits per heavy atom. The first-order chi connectivity index (χ1) is 8.40. The van der Waals surface area contributed by atoms with Crippen LogP contribution in [0.25, 0.3) is 0 Å². The highest BCUT2D eigenvalue weighted by molar-refractivity contribution is 9.10. The van der Waals surface area contributed by atoms with Crippen LogP contribution in [-0.4, -0.2) is 18.3 Å². The molecule has 11 heteroatoms.